The molecule has 0 spiro atoms. The number of methoxy groups -OCH3 is 1. The largest absolute Gasteiger partial charge is 0.494 e. The van der Waals surface area contributed by atoms with E-state index in [1.165, 1.54) is 19.2 Å². The Hall–Kier alpha value is -2.11. The molecule has 0 fully saturated rings. The number of rotatable bonds is 6. The Balaban J connectivity index is 2.89. The lowest BCUT2D eigenvalue weighted by Gasteiger charge is -2.20. The molecule has 0 aliphatic carbocycles. The fraction of sp³-hybridized carbons (Fsp3) is 0.429. The summed E-state index contributed by atoms with van der Waals surface area (Å²) in [6.45, 7) is 3.56. The molecule has 1 amide bonds. The van der Waals surface area contributed by atoms with Gasteiger partial charge in [0.25, 0.3) is 5.91 Å². The van der Waals surface area contributed by atoms with Crippen LogP contribution in [0.15, 0.2) is 18.2 Å². The molecule has 0 saturated heterocycles. The van der Waals surface area contributed by atoms with Crippen LogP contribution in [0.4, 0.5) is 4.39 Å². The highest BCUT2D eigenvalue weighted by Gasteiger charge is 2.26. The molecular weight excluding hydrogens is 265 g/mol. The van der Waals surface area contributed by atoms with E-state index in [0.717, 1.165) is 6.07 Å². The second-order valence-electron chi connectivity index (χ2n) is 4.52. The number of hydrogen-bond donors (Lipinski definition) is 2. The van der Waals surface area contributed by atoms with Crippen molar-refractivity contribution in [2.45, 2.75) is 26.3 Å². The van der Waals surface area contributed by atoms with Crippen LogP contribution in [0.5, 0.6) is 5.75 Å². The van der Waals surface area contributed by atoms with Gasteiger partial charge in [0.2, 0.25) is 0 Å². The summed E-state index contributed by atoms with van der Waals surface area (Å²) in [5.41, 5.74) is 0.0536. The quantitative estimate of drug-likeness (QED) is 0.838. The van der Waals surface area contributed by atoms with Crippen molar-refractivity contribution in [1.82, 2.24) is 5.32 Å². The molecule has 1 aromatic rings. The number of aliphatic carboxylic acids is 1. The molecule has 0 bridgehead atoms. The standard InChI is InChI=1S/C14H18FNO4/c1-4-8(2)12(14(18)19)16-13(17)9-5-6-11(20-3)10(15)7-9/h5-8,12H,4H2,1-3H3,(H,16,17)(H,18,19)/t8?,12-/m0/s1. The maximum atomic E-state index is 13.5. The van der Waals surface area contributed by atoms with Crippen LogP contribution in [0.1, 0.15) is 30.6 Å². The molecule has 2 N–H and O–H groups in total. The summed E-state index contributed by atoms with van der Waals surface area (Å²) in [4.78, 5) is 23.1. The van der Waals surface area contributed by atoms with E-state index in [1.54, 1.807) is 6.92 Å². The van der Waals surface area contributed by atoms with Crippen molar-refractivity contribution in [2.75, 3.05) is 7.11 Å². The van der Waals surface area contributed by atoms with Crippen molar-refractivity contribution in [3.05, 3.63) is 29.6 Å². The summed E-state index contributed by atoms with van der Waals surface area (Å²) in [5, 5.41) is 11.5. The summed E-state index contributed by atoms with van der Waals surface area (Å²) in [6.07, 6.45) is 0.605. The summed E-state index contributed by atoms with van der Waals surface area (Å²) in [7, 11) is 1.32. The predicted molar refractivity (Wildman–Crippen MR) is 71.3 cm³/mol. The zero-order valence-electron chi connectivity index (χ0n) is 11.6. The number of hydrogen-bond acceptors (Lipinski definition) is 3. The third-order valence-corrected chi connectivity index (χ3v) is 3.18. The third-order valence-electron chi connectivity index (χ3n) is 3.18. The minimum Gasteiger partial charge on any atom is -0.494 e. The lowest BCUT2D eigenvalue weighted by molar-refractivity contribution is -0.140. The van der Waals surface area contributed by atoms with E-state index >= 15 is 0 Å². The summed E-state index contributed by atoms with van der Waals surface area (Å²) in [6, 6.07) is 2.72. The van der Waals surface area contributed by atoms with Crippen LogP contribution in [-0.2, 0) is 4.79 Å². The van der Waals surface area contributed by atoms with Gasteiger partial charge in [-0.15, -0.1) is 0 Å². The first-order valence-electron chi connectivity index (χ1n) is 6.27. The molecule has 0 aromatic heterocycles. The van der Waals surface area contributed by atoms with Crippen LogP contribution in [-0.4, -0.2) is 30.1 Å². The lowest BCUT2D eigenvalue weighted by Crippen LogP contribution is -2.45. The minimum atomic E-state index is -1.11. The number of halogens is 1. The molecule has 110 valence electrons. The number of carbonyl (C=O) groups is 2. The van der Waals surface area contributed by atoms with Gasteiger partial charge in [-0.2, -0.15) is 0 Å². The molecule has 5 nitrogen and oxygen atoms in total. The molecule has 20 heavy (non-hydrogen) atoms. The van der Waals surface area contributed by atoms with Crippen LogP contribution in [0, 0.1) is 11.7 Å². The Kier molecular flexibility index (Phi) is 5.49. The number of benzene rings is 1. The second-order valence-corrected chi connectivity index (χ2v) is 4.52. The highest BCUT2D eigenvalue weighted by atomic mass is 19.1. The van der Waals surface area contributed by atoms with Gasteiger partial charge in [0.1, 0.15) is 6.04 Å². The van der Waals surface area contributed by atoms with E-state index in [4.69, 9.17) is 9.84 Å². The first-order valence-corrected chi connectivity index (χ1v) is 6.27. The minimum absolute atomic E-state index is 0.0262. The first-order chi connectivity index (χ1) is 9.40. The molecule has 0 aliphatic heterocycles. The molecule has 1 unspecified atom stereocenters. The van der Waals surface area contributed by atoms with Gasteiger partial charge in [-0.05, 0) is 24.1 Å². The van der Waals surface area contributed by atoms with Crippen molar-refractivity contribution in [3.63, 3.8) is 0 Å². The van der Waals surface area contributed by atoms with Crippen molar-refractivity contribution in [1.29, 1.82) is 0 Å². The highest BCUT2D eigenvalue weighted by Crippen LogP contribution is 2.18. The van der Waals surface area contributed by atoms with Crippen molar-refractivity contribution in [2.24, 2.45) is 5.92 Å². The van der Waals surface area contributed by atoms with Gasteiger partial charge in [0, 0.05) is 5.56 Å². The maximum absolute atomic E-state index is 13.5. The van der Waals surface area contributed by atoms with E-state index in [1.807, 2.05) is 6.92 Å². The van der Waals surface area contributed by atoms with Crippen LogP contribution in [0.3, 0.4) is 0 Å². The van der Waals surface area contributed by atoms with E-state index < -0.39 is 23.7 Å². The van der Waals surface area contributed by atoms with Crippen LogP contribution < -0.4 is 10.1 Å². The first kappa shape index (κ1) is 15.9. The smallest absolute Gasteiger partial charge is 0.326 e. The monoisotopic (exact) mass is 283 g/mol. The van der Waals surface area contributed by atoms with Gasteiger partial charge >= 0.3 is 5.97 Å². The number of carboxylic acid groups (broad SMARTS) is 1. The topological polar surface area (TPSA) is 75.6 Å². The number of nitrogens with one attached hydrogen (secondary N) is 1. The van der Waals surface area contributed by atoms with Crippen molar-refractivity contribution in [3.8, 4) is 5.75 Å². The molecular formula is C14H18FNO4. The fourth-order valence-electron chi connectivity index (χ4n) is 1.72. The molecule has 1 aromatic carbocycles. The Morgan fingerprint density at radius 1 is 1.45 bits per heavy atom. The van der Waals surface area contributed by atoms with Crippen LogP contribution in [0.25, 0.3) is 0 Å². The Bertz CT molecular complexity index is 504. The Morgan fingerprint density at radius 3 is 2.55 bits per heavy atom. The number of carbonyl (C=O) groups excluding carboxylic acids is 1. The molecule has 0 saturated carbocycles. The molecule has 0 aliphatic rings. The number of ether oxygens (including phenoxy) is 1. The molecule has 1 rings (SSSR count). The highest BCUT2D eigenvalue weighted by molar-refractivity contribution is 5.96. The van der Waals surface area contributed by atoms with Gasteiger partial charge in [0.05, 0.1) is 7.11 Å². The zero-order valence-corrected chi connectivity index (χ0v) is 11.6. The maximum Gasteiger partial charge on any atom is 0.326 e. The Morgan fingerprint density at radius 2 is 2.10 bits per heavy atom. The number of carboxylic acids is 1. The van der Waals surface area contributed by atoms with Gasteiger partial charge in [-0.1, -0.05) is 20.3 Å². The second kappa shape index (κ2) is 6.88. The molecule has 6 heteroatoms. The Labute approximate surface area is 116 Å². The van der Waals surface area contributed by atoms with Gasteiger partial charge in [-0.3, -0.25) is 4.79 Å². The summed E-state index contributed by atoms with van der Waals surface area (Å²) >= 11 is 0. The van der Waals surface area contributed by atoms with Crippen LogP contribution in [0.2, 0.25) is 0 Å². The average Bonchev–Trinajstić information content (AvgIpc) is 2.43. The molecule has 0 radical (unpaired) electrons. The summed E-state index contributed by atoms with van der Waals surface area (Å²) < 4.78 is 18.3. The van der Waals surface area contributed by atoms with Gasteiger partial charge in [0.15, 0.2) is 11.6 Å². The van der Waals surface area contributed by atoms with Crippen molar-refractivity contribution < 1.29 is 23.8 Å². The molecule has 0 heterocycles. The third kappa shape index (κ3) is 3.69. The number of amides is 1. The van der Waals surface area contributed by atoms with Gasteiger partial charge < -0.3 is 15.2 Å². The molecule has 2 atom stereocenters. The van der Waals surface area contributed by atoms with E-state index in [9.17, 15) is 14.0 Å². The van der Waals surface area contributed by atoms with E-state index in [0.29, 0.717) is 6.42 Å². The lowest BCUT2D eigenvalue weighted by atomic mass is 9.99. The summed E-state index contributed by atoms with van der Waals surface area (Å²) in [5.74, 6) is -2.60. The SMILES string of the molecule is CCC(C)[C@H](NC(=O)c1ccc(OC)c(F)c1)C(=O)O. The predicted octanol–water partition coefficient (Wildman–Crippen LogP) is 2.06. The normalized spacial score (nSPS) is 13.4. The zero-order chi connectivity index (χ0) is 15.3. The van der Waals surface area contributed by atoms with Crippen molar-refractivity contribution >= 4 is 11.9 Å². The van der Waals surface area contributed by atoms with Gasteiger partial charge in [-0.25, -0.2) is 9.18 Å². The van der Waals surface area contributed by atoms with E-state index in [2.05, 4.69) is 5.32 Å². The average molecular weight is 283 g/mol. The van der Waals surface area contributed by atoms with Crippen LogP contribution >= 0.6 is 0 Å². The fourth-order valence-corrected chi connectivity index (χ4v) is 1.72. The van der Waals surface area contributed by atoms with E-state index in [-0.39, 0.29) is 17.2 Å².